The van der Waals surface area contributed by atoms with Crippen LogP contribution in [0, 0.1) is 20.8 Å². The predicted octanol–water partition coefficient (Wildman–Crippen LogP) is 4.64. The second kappa shape index (κ2) is 5.37. The van der Waals surface area contributed by atoms with E-state index in [1.807, 2.05) is 0 Å². The third-order valence-electron chi connectivity index (χ3n) is 2.83. The van der Waals surface area contributed by atoms with E-state index in [0.717, 1.165) is 6.42 Å². The van der Waals surface area contributed by atoms with Crippen molar-refractivity contribution in [3.63, 3.8) is 0 Å². The van der Waals surface area contributed by atoms with Crippen molar-refractivity contribution in [2.75, 3.05) is 5.88 Å². The summed E-state index contributed by atoms with van der Waals surface area (Å²) in [5.41, 5.74) is 6.75. The minimum absolute atomic E-state index is 0.696. The van der Waals surface area contributed by atoms with E-state index in [-0.39, 0.29) is 0 Å². The predicted molar refractivity (Wildman–Crippen MR) is 69.6 cm³/mol. The lowest BCUT2D eigenvalue weighted by molar-refractivity contribution is 1.22. The van der Waals surface area contributed by atoms with Crippen molar-refractivity contribution in [2.24, 2.45) is 0 Å². The van der Waals surface area contributed by atoms with E-state index in [4.69, 9.17) is 11.6 Å². The van der Waals surface area contributed by atoms with E-state index in [9.17, 15) is 0 Å². The molecule has 82 valence electrons. The average molecular weight is 223 g/mol. The van der Waals surface area contributed by atoms with Gasteiger partial charge in [0.05, 0.1) is 0 Å². The number of hydrogen-bond donors (Lipinski definition) is 0. The Bertz CT molecular complexity index is 375. The fourth-order valence-electron chi connectivity index (χ4n) is 1.77. The molecular weight excluding hydrogens is 204 g/mol. The van der Waals surface area contributed by atoms with Crippen LogP contribution in [0.4, 0.5) is 0 Å². The molecule has 0 unspecified atom stereocenters. The van der Waals surface area contributed by atoms with Gasteiger partial charge in [0.2, 0.25) is 0 Å². The Labute approximate surface area is 98.0 Å². The molecule has 1 aromatic carbocycles. The number of rotatable bonds is 3. The van der Waals surface area contributed by atoms with Gasteiger partial charge in [-0.2, -0.15) is 0 Å². The van der Waals surface area contributed by atoms with Gasteiger partial charge in [-0.25, -0.2) is 0 Å². The minimum atomic E-state index is 0.696. The number of alkyl halides is 1. The normalized spacial score (nSPS) is 11.9. The van der Waals surface area contributed by atoms with E-state index in [2.05, 4.69) is 45.9 Å². The second-order valence-corrected chi connectivity index (χ2v) is 4.49. The summed E-state index contributed by atoms with van der Waals surface area (Å²) in [6.45, 7) is 8.64. The van der Waals surface area contributed by atoms with Crippen molar-refractivity contribution < 1.29 is 0 Å². The summed E-state index contributed by atoms with van der Waals surface area (Å²) in [4.78, 5) is 0. The highest BCUT2D eigenvalue weighted by Crippen LogP contribution is 2.22. The molecule has 0 amide bonds. The quantitative estimate of drug-likeness (QED) is 0.654. The SMILES string of the molecule is C/C(=C/CCCl)c1cc(C)c(C)cc1C. The van der Waals surface area contributed by atoms with Gasteiger partial charge < -0.3 is 0 Å². The smallest absolute Gasteiger partial charge is 0.0258 e. The molecule has 1 rings (SSSR count). The standard InChI is InChI=1S/C14H19Cl/c1-10(6-5-7-15)14-9-12(3)11(2)8-13(14)4/h6,8-9H,5,7H2,1-4H3/b10-6-. The van der Waals surface area contributed by atoms with Crippen LogP contribution in [0.1, 0.15) is 35.6 Å². The lowest BCUT2D eigenvalue weighted by Crippen LogP contribution is -1.91. The van der Waals surface area contributed by atoms with E-state index in [1.54, 1.807) is 0 Å². The average Bonchev–Trinajstić information content (AvgIpc) is 2.20. The first-order valence-corrected chi connectivity index (χ1v) is 5.90. The molecule has 0 aromatic heterocycles. The molecule has 0 radical (unpaired) electrons. The highest BCUT2D eigenvalue weighted by Gasteiger charge is 2.03. The van der Waals surface area contributed by atoms with Crippen LogP contribution in [0.15, 0.2) is 18.2 Å². The van der Waals surface area contributed by atoms with Crippen molar-refractivity contribution in [1.29, 1.82) is 0 Å². The van der Waals surface area contributed by atoms with Gasteiger partial charge >= 0.3 is 0 Å². The van der Waals surface area contributed by atoms with Gasteiger partial charge in [-0.1, -0.05) is 18.2 Å². The van der Waals surface area contributed by atoms with E-state index < -0.39 is 0 Å². The first kappa shape index (κ1) is 12.3. The van der Waals surface area contributed by atoms with Crippen LogP contribution in [-0.4, -0.2) is 5.88 Å². The fraction of sp³-hybridized carbons (Fsp3) is 0.429. The van der Waals surface area contributed by atoms with E-state index in [1.165, 1.54) is 27.8 Å². The number of allylic oxidation sites excluding steroid dienone is 2. The van der Waals surface area contributed by atoms with Gasteiger partial charge in [0.25, 0.3) is 0 Å². The van der Waals surface area contributed by atoms with Gasteiger partial charge in [0, 0.05) is 5.88 Å². The first-order chi connectivity index (χ1) is 7.06. The van der Waals surface area contributed by atoms with Gasteiger partial charge in [-0.3, -0.25) is 0 Å². The zero-order valence-corrected chi connectivity index (χ0v) is 10.8. The number of halogens is 1. The summed E-state index contributed by atoms with van der Waals surface area (Å²) in [6.07, 6.45) is 3.16. The molecule has 0 saturated carbocycles. The van der Waals surface area contributed by atoms with Crippen molar-refractivity contribution >= 4 is 17.2 Å². The first-order valence-electron chi connectivity index (χ1n) is 5.37. The highest BCUT2D eigenvalue weighted by atomic mass is 35.5. The summed E-state index contributed by atoms with van der Waals surface area (Å²) >= 11 is 5.68. The van der Waals surface area contributed by atoms with Crippen LogP contribution in [0.2, 0.25) is 0 Å². The molecule has 0 atom stereocenters. The summed E-state index contributed by atoms with van der Waals surface area (Å²) in [5.74, 6) is 0.696. The van der Waals surface area contributed by atoms with E-state index in [0.29, 0.717) is 5.88 Å². The van der Waals surface area contributed by atoms with E-state index >= 15 is 0 Å². The van der Waals surface area contributed by atoms with Crippen molar-refractivity contribution in [2.45, 2.75) is 34.1 Å². The molecule has 0 spiro atoms. The Balaban J connectivity index is 3.09. The molecule has 0 aliphatic rings. The maximum absolute atomic E-state index is 5.68. The van der Waals surface area contributed by atoms with Crippen LogP contribution in [0.3, 0.4) is 0 Å². The number of benzene rings is 1. The molecule has 0 aliphatic carbocycles. The van der Waals surface area contributed by atoms with Crippen molar-refractivity contribution in [3.8, 4) is 0 Å². The molecule has 0 bridgehead atoms. The Morgan fingerprint density at radius 2 is 1.73 bits per heavy atom. The maximum atomic E-state index is 5.68. The zero-order chi connectivity index (χ0) is 11.4. The zero-order valence-electron chi connectivity index (χ0n) is 10.0. The molecule has 0 fully saturated rings. The molecule has 0 nitrogen and oxygen atoms in total. The fourth-order valence-corrected chi connectivity index (χ4v) is 1.88. The molecule has 15 heavy (non-hydrogen) atoms. The highest BCUT2D eigenvalue weighted by molar-refractivity contribution is 6.17. The Hall–Kier alpha value is -0.750. The minimum Gasteiger partial charge on any atom is -0.126 e. The Morgan fingerprint density at radius 1 is 1.13 bits per heavy atom. The van der Waals surface area contributed by atoms with Gasteiger partial charge in [-0.05, 0) is 61.9 Å². The van der Waals surface area contributed by atoms with Crippen LogP contribution in [0.5, 0.6) is 0 Å². The van der Waals surface area contributed by atoms with Crippen LogP contribution >= 0.6 is 11.6 Å². The van der Waals surface area contributed by atoms with Gasteiger partial charge in [-0.15, -0.1) is 11.6 Å². The van der Waals surface area contributed by atoms with Crippen molar-refractivity contribution in [3.05, 3.63) is 40.5 Å². The molecular formula is C14H19Cl. The summed E-state index contributed by atoms with van der Waals surface area (Å²) in [6, 6.07) is 4.52. The molecule has 0 saturated heterocycles. The molecule has 0 aliphatic heterocycles. The molecule has 0 heterocycles. The van der Waals surface area contributed by atoms with Crippen LogP contribution in [0.25, 0.3) is 5.57 Å². The largest absolute Gasteiger partial charge is 0.126 e. The summed E-state index contributed by atoms with van der Waals surface area (Å²) in [5, 5.41) is 0. The third kappa shape index (κ3) is 3.10. The second-order valence-electron chi connectivity index (χ2n) is 4.12. The number of hydrogen-bond acceptors (Lipinski definition) is 0. The van der Waals surface area contributed by atoms with Crippen molar-refractivity contribution in [1.82, 2.24) is 0 Å². The molecule has 0 N–H and O–H groups in total. The number of aryl methyl sites for hydroxylation is 3. The van der Waals surface area contributed by atoms with Gasteiger partial charge in [0.15, 0.2) is 0 Å². The summed E-state index contributed by atoms with van der Waals surface area (Å²) < 4.78 is 0. The van der Waals surface area contributed by atoms with Crippen LogP contribution in [-0.2, 0) is 0 Å². The Morgan fingerprint density at radius 3 is 2.33 bits per heavy atom. The summed E-state index contributed by atoms with van der Waals surface area (Å²) in [7, 11) is 0. The molecule has 1 heteroatoms. The third-order valence-corrected chi connectivity index (χ3v) is 3.04. The monoisotopic (exact) mass is 222 g/mol. The van der Waals surface area contributed by atoms with Crippen LogP contribution < -0.4 is 0 Å². The maximum Gasteiger partial charge on any atom is 0.0258 e. The van der Waals surface area contributed by atoms with Gasteiger partial charge in [0.1, 0.15) is 0 Å². The topological polar surface area (TPSA) is 0 Å². The lowest BCUT2D eigenvalue weighted by Gasteiger charge is -2.10. The lowest BCUT2D eigenvalue weighted by atomic mass is 9.96. The molecule has 1 aromatic rings. The Kier molecular flexibility index (Phi) is 4.41.